The highest BCUT2D eigenvalue weighted by molar-refractivity contribution is 7.93. The van der Waals surface area contributed by atoms with Crippen molar-refractivity contribution in [1.82, 2.24) is 0 Å². The average Bonchev–Trinajstić information content (AvgIpc) is 2.36. The van der Waals surface area contributed by atoms with Crippen molar-refractivity contribution < 1.29 is 17.9 Å². The minimum Gasteiger partial charge on any atom is -0.358 e. The normalized spacial score (nSPS) is 23.5. The van der Waals surface area contributed by atoms with Crippen molar-refractivity contribution >= 4 is 15.6 Å². The molecule has 1 aromatic rings. The van der Waals surface area contributed by atoms with Gasteiger partial charge in [-0.2, -0.15) is 0 Å². The fourth-order valence-corrected chi connectivity index (χ4v) is 3.17. The van der Waals surface area contributed by atoms with E-state index in [1.54, 1.807) is 12.1 Å². The van der Waals surface area contributed by atoms with Crippen LogP contribution in [-0.4, -0.2) is 26.7 Å². The monoisotopic (exact) mass is 212 g/mol. The van der Waals surface area contributed by atoms with E-state index in [1.807, 2.05) is 0 Å². The van der Waals surface area contributed by atoms with Crippen LogP contribution in [0.1, 0.15) is 10.4 Å². The summed E-state index contributed by atoms with van der Waals surface area (Å²) in [6, 6.07) is 6.13. The van der Waals surface area contributed by atoms with E-state index < -0.39 is 21.1 Å². The number of methoxy groups -OCH3 is 1. The largest absolute Gasteiger partial charge is 0.358 e. The van der Waals surface area contributed by atoms with Crippen LogP contribution >= 0.6 is 0 Å². The topological polar surface area (TPSA) is 60.4 Å². The molecule has 0 radical (unpaired) electrons. The summed E-state index contributed by atoms with van der Waals surface area (Å²) in [7, 11) is -2.40. The Labute approximate surface area is 81.4 Å². The minimum atomic E-state index is -3.62. The molecule has 0 bridgehead atoms. The zero-order valence-electron chi connectivity index (χ0n) is 7.43. The highest BCUT2D eigenvalue weighted by Gasteiger charge is 2.44. The van der Waals surface area contributed by atoms with Gasteiger partial charge in [-0.3, -0.25) is 4.79 Å². The molecule has 0 N–H and O–H groups in total. The number of hydrogen-bond acceptors (Lipinski definition) is 4. The summed E-state index contributed by atoms with van der Waals surface area (Å²) in [5, 5.41) is 0. The van der Waals surface area contributed by atoms with E-state index in [-0.39, 0.29) is 10.5 Å². The number of benzene rings is 1. The van der Waals surface area contributed by atoms with Gasteiger partial charge in [0, 0.05) is 12.7 Å². The van der Waals surface area contributed by atoms with Gasteiger partial charge in [0.1, 0.15) is 0 Å². The van der Waals surface area contributed by atoms with Gasteiger partial charge in [0.2, 0.25) is 21.1 Å². The van der Waals surface area contributed by atoms with Crippen molar-refractivity contribution in [3.8, 4) is 0 Å². The minimum absolute atomic E-state index is 0.0665. The lowest BCUT2D eigenvalue weighted by atomic mass is 10.1. The Morgan fingerprint density at radius 2 is 1.93 bits per heavy atom. The van der Waals surface area contributed by atoms with E-state index in [2.05, 4.69) is 4.74 Å². The summed E-state index contributed by atoms with van der Waals surface area (Å²) in [5.74, 6) is -0.483. The highest BCUT2D eigenvalue weighted by Crippen LogP contribution is 2.30. The molecule has 0 saturated carbocycles. The lowest BCUT2D eigenvalue weighted by Gasteiger charge is -2.03. The number of carbonyl (C=O) groups is 1. The standard InChI is InChI=1S/C9H8O4S/c1-13-9-8(10)6-4-2-3-5-7(6)14(9,11)12/h2-5,9H,1H3. The summed E-state index contributed by atoms with van der Waals surface area (Å²) in [6.45, 7) is 0. The van der Waals surface area contributed by atoms with Gasteiger partial charge in [-0.25, -0.2) is 8.42 Å². The molecule has 0 saturated heterocycles. The van der Waals surface area contributed by atoms with Crippen molar-refractivity contribution in [2.24, 2.45) is 0 Å². The highest BCUT2D eigenvalue weighted by atomic mass is 32.2. The van der Waals surface area contributed by atoms with Crippen LogP contribution in [0.25, 0.3) is 0 Å². The number of Topliss-reactive ketones (excluding diaryl/α,β-unsaturated/α-hetero) is 1. The van der Waals surface area contributed by atoms with Crippen molar-refractivity contribution in [2.75, 3.05) is 7.11 Å². The molecule has 1 aromatic carbocycles. The van der Waals surface area contributed by atoms with Crippen LogP contribution in [-0.2, 0) is 14.6 Å². The van der Waals surface area contributed by atoms with Crippen LogP contribution in [0.15, 0.2) is 29.2 Å². The first-order valence-electron chi connectivity index (χ1n) is 3.99. The molecule has 2 rings (SSSR count). The van der Waals surface area contributed by atoms with Gasteiger partial charge in [0.25, 0.3) is 0 Å². The maximum Gasteiger partial charge on any atom is 0.225 e. The summed E-state index contributed by atoms with van der Waals surface area (Å²) >= 11 is 0. The van der Waals surface area contributed by atoms with E-state index in [0.717, 1.165) is 0 Å². The Morgan fingerprint density at radius 3 is 2.50 bits per heavy atom. The second kappa shape index (κ2) is 2.90. The SMILES string of the molecule is COC1C(=O)c2ccccc2S1(=O)=O. The number of fused-ring (bicyclic) bond motifs is 1. The molecule has 0 fully saturated rings. The van der Waals surface area contributed by atoms with E-state index in [1.165, 1.54) is 19.2 Å². The molecular formula is C9H8O4S. The van der Waals surface area contributed by atoms with Gasteiger partial charge in [0.15, 0.2) is 0 Å². The molecule has 14 heavy (non-hydrogen) atoms. The smallest absolute Gasteiger partial charge is 0.225 e. The van der Waals surface area contributed by atoms with Crippen LogP contribution in [0.3, 0.4) is 0 Å². The first-order valence-corrected chi connectivity index (χ1v) is 5.53. The number of ether oxygens (including phenoxy) is 1. The molecule has 1 atom stereocenters. The molecule has 0 aromatic heterocycles. The summed E-state index contributed by atoms with van der Waals surface area (Å²) in [4.78, 5) is 11.6. The van der Waals surface area contributed by atoms with Crippen LogP contribution in [0, 0.1) is 0 Å². The van der Waals surface area contributed by atoms with E-state index in [4.69, 9.17) is 0 Å². The number of hydrogen-bond donors (Lipinski definition) is 0. The fourth-order valence-electron chi connectivity index (χ4n) is 1.54. The Morgan fingerprint density at radius 1 is 1.29 bits per heavy atom. The predicted octanol–water partition coefficient (Wildman–Crippen LogP) is 0.629. The predicted molar refractivity (Wildman–Crippen MR) is 48.8 cm³/mol. The van der Waals surface area contributed by atoms with E-state index in [9.17, 15) is 13.2 Å². The van der Waals surface area contributed by atoms with E-state index in [0.29, 0.717) is 0 Å². The third kappa shape index (κ3) is 1.03. The molecule has 0 spiro atoms. The molecule has 4 nitrogen and oxygen atoms in total. The molecule has 5 heteroatoms. The number of rotatable bonds is 1. The van der Waals surface area contributed by atoms with Crippen LogP contribution < -0.4 is 0 Å². The van der Waals surface area contributed by atoms with Gasteiger partial charge in [-0.05, 0) is 12.1 Å². The van der Waals surface area contributed by atoms with Gasteiger partial charge in [-0.15, -0.1) is 0 Å². The number of sulfone groups is 1. The van der Waals surface area contributed by atoms with Crippen LogP contribution in [0.5, 0.6) is 0 Å². The third-order valence-electron chi connectivity index (χ3n) is 2.17. The van der Waals surface area contributed by atoms with Crippen molar-refractivity contribution in [3.63, 3.8) is 0 Å². The molecule has 1 unspecified atom stereocenters. The Kier molecular flexibility index (Phi) is 1.94. The number of ketones is 1. The van der Waals surface area contributed by atoms with Crippen LogP contribution in [0.4, 0.5) is 0 Å². The quantitative estimate of drug-likeness (QED) is 0.685. The zero-order chi connectivity index (χ0) is 10.3. The van der Waals surface area contributed by atoms with Gasteiger partial charge < -0.3 is 4.74 Å². The van der Waals surface area contributed by atoms with Crippen molar-refractivity contribution in [2.45, 2.75) is 10.3 Å². The summed E-state index contributed by atoms with van der Waals surface area (Å²) in [5.41, 5.74) is -1.14. The molecular weight excluding hydrogens is 204 g/mol. The van der Waals surface area contributed by atoms with E-state index >= 15 is 0 Å². The average molecular weight is 212 g/mol. The van der Waals surface area contributed by atoms with Gasteiger partial charge in [-0.1, -0.05) is 12.1 Å². The molecule has 0 aliphatic carbocycles. The maximum atomic E-state index is 11.7. The molecule has 1 aliphatic heterocycles. The Balaban J connectivity index is 2.74. The summed E-state index contributed by atoms with van der Waals surface area (Å²) < 4.78 is 28.0. The maximum absolute atomic E-state index is 11.7. The summed E-state index contributed by atoms with van der Waals surface area (Å²) in [6.07, 6.45) is 0. The second-order valence-corrected chi connectivity index (χ2v) is 4.93. The molecule has 1 heterocycles. The third-order valence-corrected chi connectivity index (χ3v) is 4.11. The van der Waals surface area contributed by atoms with Gasteiger partial charge in [0.05, 0.1) is 4.90 Å². The second-order valence-electron chi connectivity index (χ2n) is 2.97. The first-order chi connectivity index (χ1) is 6.59. The van der Waals surface area contributed by atoms with Crippen LogP contribution in [0.2, 0.25) is 0 Å². The Bertz CT molecular complexity index is 489. The van der Waals surface area contributed by atoms with Crippen molar-refractivity contribution in [1.29, 1.82) is 0 Å². The fraction of sp³-hybridized carbons (Fsp3) is 0.222. The molecule has 74 valence electrons. The molecule has 1 aliphatic rings. The zero-order valence-corrected chi connectivity index (χ0v) is 8.24. The first kappa shape index (κ1) is 9.36. The van der Waals surface area contributed by atoms with Crippen molar-refractivity contribution in [3.05, 3.63) is 29.8 Å². The Hall–Kier alpha value is -1.20. The van der Waals surface area contributed by atoms with Gasteiger partial charge >= 0.3 is 0 Å². The lowest BCUT2D eigenvalue weighted by molar-refractivity contribution is 0.0790. The molecule has 0 amide bonds. The number of carbonyl (C=O) groups excluding carboxylic acids is 1. The lowest BCUT2D eigenvalue weighted by Crippen LogP contribution is -2.24.